The van der Waals surface area contributed by atoms with Crippen molar-refractivity contribution in [3.63, 3.8) is 0 Å². The van der Waals surface area contributed by atoms with Gasteiger partial charge in [-0.15, -0.1) is 0 Å². The van der Waals surface area contributed by atoms with Gasteiger partial charge >= 0.3 is 0 Å². The molecule has 96 valence electrons. The van der Waals surface area contributed by atoms with E-state index < -0.39 is 6.10 Å². The van der Waals surface area contributed by atoms with Crippen molar-refractivity contribution < 1.29 is 9.84 Å². The summed E-state index contributed by atoms with van der Waals surface area (Å²) in [6.07, 6.45) is 1.86. The zero-order valence-corrected chi connectivity index (χ0v) is 11.1. The summed E-state index contributed by atoms with van der Waals surface area (Å²) in [5, 5.41) is 9.93. The highest BCUT2D eigenvalue weighted by molar-refractivity contribution is 5.23. The van der Waals surface area contributed by atoms with Gasteiger partial charge < -0.3 is 9.84 Å². The average Bonchev–Trinajstić information content (AvgIpc) is 2.30. The summed E-state index contributed by atoms with van der Waals surface area (Å²) in [5.74, 6) is 0.574. The minimum absolute atomic E-state index is 0.386. The van der Waals surface area contributed by atoms with Gasteiger partial charge in [0.15, 0.2) is 0 Å². The number of aliphatic hydroxyl groups excluding tert-OH is 1. The molecule has 0 heterocycles. The highest BCUT2D eigenvalue weighted by atomic mass is 16.5. The number of hydrogen-bond donors (Lipinski definition) is 1. The number of aryl methyl sites for hydroxylation is 1. The van der Waals surface area contributed by atoms with Crippen molar-refractivity contribution in [3.05, 3.63) is 35.4 Å². The quantitative estimate of drug-likeness (QED) is 0.785. The first-order valence-electron chi connectivity index (χ1n) is 6.45. The molecule has 0 fully saturated rings. The molecule has 0 radical (unpaired) electrons. The monoisotopic (exact) mass is 236 g/mol. The number of rotatable bonds is 7. The lowest BCUT2D eigenvalue weighted by Gasteiger charge is -2.14. The fraction of sp³-hybridized carbons (Fsp3) is 0.600. The number of benzene rings is 1. The number of hydrogen-bond acceptors (Lipinski definition) is 2. The molecular weight excluding hydrogens is 212 g/mol. The van der Waals surface area contributed by atoms with Crippen LogP contribution in [0.4, 0.5) is 0 Å². The lowest BCUT2D eigenvalue weighted by molar-refractivity contribution is 0.0215. The Kier molecular flexibility index (Phi) is 6.23. The van der Waals surface area contributed by atoms with E-state index in [0.29, 0.717) is 12.5 Å². The maximum absolute atomic E-state index is 9.93. The van der Waals surface area contributed by atoms with E-state index >= 15 is 0 Å². The molecule has 0 spiro atoms. The van der Waals surface area contributed by atoms with Crippen molar-refractivity contribution in [2.75, 3.05) is 13.2 Å². The molecule has 1 aromatic carbocycles. The second-order valence-electron chi connectivity index (χ2n) is 4.86. The van der Waals surface area contributed by atoms with Gasteiger partial charge in [-0.25, -0.2) is 0 Å². The predicted octanol–water partition coefficient (Wildman–Crippen LogP) is 3.48. The van der Waals surface area contributed by atoms with E-state index in [4.69, 9.17) is 4.74 Å². The summed E-state index contributed by atoms with van der Waals surface area (Å²) in [7, 11) is 0. The number of ether oxygens (including phenoxy) is 1. The van der Waals surface area contributed by atoms with Crippen LogP contribution in [0, 0.1) is 12.8 Å². The van der Waals surface area contributed by atoms with E-state index in [1.807, 2.05) is 31.2 Å². The van der Waals surface area contributed by atoms with Crippen LogP contribution >= 0.6 is 0 Å². The number of aliphatic hydroxyl groups is 1. The van der Waals surface area contributed by atoms with E-state index in [1.54, 1.807) is 0 Å². The van der Waals surface area contributed by atoms with E-state index in [0.717, 1.165) is 12.2 Å². The predicted molar refractivity (Wildman–Crippen MR) is 71.0 cm³/mol. The second kappa shape index (κ2) is 7.46. The van der Waals surface area contributed by atoms with Crippen molar-refractivity contribution in [2.24, 2.45) is 5.92 Å². The van der Waals surface area contributed by atoms with Crippen LogP contribution in [0.1, 0.15) is 43.9 Å². The highest BCUT2D eigenvalue weighted by Crippen LogP contribution is 2.14. The largest absolute Gasteiger partial charge is 0.386 e. The van der Waals surface area contributed by atoms with Gasteiger partial charge in [0.1, 0.15) is 6.10 Å². The molecular formula is C15H24O2. The van der Waals surface area contributed by atoms with Crippen LogP contribution in [0.15, 0.2) is 24.3 Å². The van der Waals surface area contributed by atoms with Gasteiger partial charge in [0.25, 0.3) is 0 Å². The van der Waals surface area contributed by atoms with Crippen molar-refractivity contribution >= 4 is 0 Å². The van der Waals surface area contributed by atoms with Crippen LogP contribution in [0.5, 0.6) is 0 Å². The first-order valence-corrected chi connectivity index (χ1v) is 6.45. The van der Waals surface area contributed by atoms with Gasteiger partial charge in [-0.2, -0.15) is 0 Å². The van der Waals surface area contributed by atoms with Gasteiger partial charge in [0.2, 0.25) is 0 Å². The molecule has 0 bridgehead atoms. The molecule has 2 nitrogen and oxygen atoms in total. The first kappa shape index (κ1) is 14.2. The smallest absolute Gasteiger partial charge is 0.102 e. The van der Waals surface area contributed by atoms with Gasteiger partial charge in [-0.1, -0.05) is 50.1 Å². The molecule has 0 saturated heterocycles. The lowest BCUT2D eigenvalue weighted by atomic mass is 10.1. The van der Waals surface area contributed by atoms with Crippen LogP contribution < -0.4 is 0 Å². The molecule has 0 saturated carbocycles. The van der Waals surface area contributed by atoms with E-state index in [-0.39, 0.29) is 0 Å². The van der Waals surface area contributed by atoms with Crippen LogP contribution in [-0.2, 0) is 4.74 Å². The molecule has 0 amide bonds. The molecule has 1 rings (SSSR count). The fourth-order valence-electron chi connectivity index (χ4n) is 1.84. The Morgan fingerprint density at radius 1 is 1.18 bits per heavy atom. The third-order valence-corrected chi connectivity index (χ3v) is 2.92. The third-order valence-electron chi connectivity index (χ3n) is 2.92. The molecule has 2 atom stereocenters. The molecule has 1 aromatic rings. The molecule has 2 unspecified atom stereocenters. The normalized spacial score (nSPS) is 14.6. The Morgan fingerprint density at radius 3 is 2.41 bits per heavy atom. The van der Waals surface area contributed by atoms with Gasteiger partial charge in [0, 0.05) is 6.61 Å². The van der Waals surface area contributed by atoms with Gasteiger partial charge in [0.05, 0.1) is 6.61 Å². The lowest BCUT2D eigenvalue weighted by Crippen LogP contribution is -2.12. The molecule has 0 aromatic heterocycles. The van der Waals surface area contributed by atoms with Crippen molar-refractivity contribution in [1.29, 1.82) is 0 Å². The van der Waals surface area contributed by atoms with Crippen LogP contribution in [0.2, 0.25) is 0 Å². The topological polar surface area (TPSA) is 29.5 Å². The summed E-state index contributed by atoms with van der Waals surface area (Å²) in [5.41, 5.74) is 2.14. The SMILES string of the molecule is CCCC(C)COCC(O)c1ccc(C)cc1. The molecule has 2 heteroatoms. The van der Waals surface area contributed by atoms with Crippen molar-refractivity contribution in [1.82, 2.24) is 0 Å². The van der Waals surface area contributed by atoms with Crippen LogP contribution in [0.25, 0.3) is 0 Å². The molecule has 17 heavy (non-hydrogen) atoms. The summed E-state index contributed by atoms with van der Waals surface area (Å²) >= 11 is 0. The minimum Gasteiger partial charge on any atom is -0.386 e. The van der Waals surface area contributed by atoms with Gasteiger partial charge in [-0.05, 0) is 24.8 Å². The Morgan fingerprint density at radius 2 is 1.82 bits per heavy atom. The Labute approximate surface area is 105 Å². The van der Waals surface area contributed by atoms with E-state index in [9.17, 15) is 5.11 Å². The van der Waals surface area contributed by atoms with Crippen molar-refractivity contribution in [3.8, 4) is 0 Å². The molecule has 0 aliphatic rings. The molecule has 0 aliphatic heterocycles. The summed E-state index contributed by atoms with van der Waals surface area (Å²) in [6.45, 7) is 7.52. The maximum Gasteiger partial charge on any atom is 0.102 e. The van der Waals surface area contributed by atoms with Gasteiger partial charge in [-0.3, -0.25) is 0 Å². The van der Waals surface area contributed by atoms with E-state index in [2.05, 4.69) is 13.8 Å². The fourth-order valence-corrected chi connectivity index (χ4v) is 1.84. The maximum atomic E-state index is 9.93. The van der Waals surface area contributed by atoms with Crippen LogP contribution in [-0.4, -0.2) is 18.3 Å². The summed E-state index contributed by atoms with van der Waals surface area (Å²) in [4.78, 5) is 0. The molecule has 0 aliphatic carbocycles. The minimum atomic E-state index is -0.510. The second-order valence-corrected chi connectivity index (χ2v) is 4.86. The highest BCUT2D eigenvalue weighted by Gasteiger charge is 2.08. The summed E-state index contributed by atoms with van der Waals surface area (Å²) in [6, 6.07) is 7.94. The van der Waals surface area contributed by atoms with E-state index in [1.165, 1.54) is 18.4 Å². The molecule has 1 N–H and O–H groups in total. The average molecular weight is 236 g/mol. The zero-order chi connectivity index (χ0) is 12.7. The Hall–Kier alpha value is -0.860. The standard InChI is InChI=1S/C15H24O2/c1-4-5-13(3)10-17-11-15(16)14-8-6-12(2)7-9-14/h6-9,13,15-16H,4-5,10-11H2,1-3H3. The Balaban J connectivity index is 2.29. The third kappa shape index (κ3) is 5.33. The van der Waals surface area contributed by atoms with Crippen LogP contribution in [0.3, 0.4) is 0 Å². The Bertz CT molecular complexity index is 305. The zero-order valence-electron chi connectivity index (χ0n) is 11.1. The summed E-state index contributed by atoms with van der Waals surface area (Å²) < 4.78 is 5.54. The van der Waals surface area contributed by atoms with Crippen molar-refractivity contribution in [2.45, 2.75) is 39.7 Å². The first-order chi connectivity index (χ1) is 8.13.